The van der Waals surface area contributed by atoms with E-state index >= 15 is 0 Å². The quantitative estimate of drug-likeness (QED) is 0.640. The van der Waals surface area contributed by atoms with Crippen molar-refractivity contribution in [2.75, 3.05) is 0 Å². The SMILES string of the molecule is CC[C@@H]1CC[C@H]2[C@@H]3C=CC4=CC(=O)CC[C@]4(C)[C@H]3CC[C@]12C. The van der Waals surface area contributed by atoms with Crippen molar-refractivity contribution in [2.24, 2.45) is 34.5 Å². The lowest BCUT2D eigenvalue weighted by atomic mass is 9.48. The summed E-state index contributed by atoms with van der Waals surface area (Å²) in [5.41, 5.74) is 2.17. The molecule has 120 valence electrons. The van der Waals surface area contributed by atoms with Gasteiger partial charge in [0.15, 0.2) is 5.78 Å². The maximum atomic E-state index is 11.8. The second-order valence-electron chi connectivity index (χ2n) is 8.86. The van der Waals surface area contributed by atoms with E-state index in [1.165, 1.54) is 37.7 Å². The van der Waals surface area contributed by atoms with Crippen molar-refractivity contribution in [3.63, 3.8) is 0 Å². The number of carbonyl (C=O) groups is 1. The molecule has 22 heavy (non-hydrogen) atoms. The number of hydrogen-bond donors (Lipinski definition) is 0. The number of carbonyl (C=O) groups excluding carboxylic acids is 1. The number of ketones is 1. The zero-order valence-electron chi connectivity index (χ0n) is 14.4. The molecule has 4 aliphatic rings. The van der Waals surface area contributed by atoms with Crippen LogP contribution < -0.4 is 0 Å². The lowest BCUT2D eigenvalue weighted by molar-refractivity contribution is -0.116. The van der Waals surface area contributed by atoms with E-state index in [1.54, 1.807) is 0 Å². The van der Waals surface area contributed by atoms with Gasteiger partial charge in [0.2, 0.25) is 0 Å². The van der Waals surface area contributed by atoms with Crippen molar-refractivity contribution in [2.45, 2.75) is 65.7 Å². The first-order valence-electron chi connectivity index (χ1n) is 9.42. The summed E-state index contributed by atoms with van der Waals surface area (Å²) >= 11 is 0. The molecular formula is C21H30O. The standard InChI is InChI=1S/C21H30O/c1-4-14-6-8-18-17-7-5-15-13-16(22)9-11-21(15,3)19(17)10-12-20(14,18)2/h5,7,13-14,17-19H,4,6,8-12H2,1-3H3/t14-,17+,18+,19+,20-,21+/m1/s1. The van der Waals surface area contributed by atoms with Crippen LogP contribution in [0.25, 0.3) is 0 Å². The second-order valence-corrected chi connectivity index (χ2v) is 8.86. The number of allylic oxidation sites excluding steroid dienone is 4. The van der Waals surface area contributed by atoms with Crippen molar-refractivity contribution in [1.29, 1.82) is 0 Å². The zero-order chi connectivity index (χ0) is 15.5. The Morgan fingerprint density at radius 2 is 1.95 bits per heavy atom. The molecule has 0 aromatic carbocycles. The van der Waals surface area contributed by atoms with Crippen LogP contribution in [0.15, 0.2) is 23.8 Å². The number of hydrogen-bond acceptors (Lipinski definition) is 1. The fourth-order valence-corrected chi connectivity index (χ4v) is 6.78. The molecule has 0 spiro atoms. The van der Waals surface area contributed by atoms with E-state index in [9.17, 15) is 4.79 Å². The Morgan fingerprint density at radius 1 is 1.14 bits per heavy atom. The van der Waals surface area contributed by atoms with E-state index in [-0.39, 0.29) is 5.41 Å². The van der Waals surface area contributed by atoms with Gasteiger partial charge in [-0.3, -0.25) is 4.79 Å². The molecule has 0 aromatic rings. The third-order valence-electron chi connectivity index (χ3n) is 8.20. The molecule has 2 fully saturated rings. The maximum Gasteiger partial charge on any atom is 0.156 e. The van der Waals surface area contributed by atoms with Crippen molar-refractivity contribution in [1.82, 2.24) is 0 Å². The summed E-state index contributed by atoms with van der Waals surface area (Å²) in [6.07, 6.45) is 15.6. The van der Waals surface area contributed by atoms with Gasteiger partial charge in [0.05, 0.1) is 0 Å². The van der Waals surface area contributed by atoms with Crippen LogP contribution in [-0.2, 0) is 4.79 Å². The minimum atomic E-state index is 0.263. The number of fused-ring (bicyclic) bond motifs is 5. The van der Waals surface area contributed by atoms with E-state index in [1.807, 2.05) is 6.08 Å². The molecule has 4 rings (SSSR count). The minimum Gasteiger partial charge on any atom is -0.295 e. The summed E-state index contributed by atoms with van der Waals surface area (Å²) in [5.74, 6) is 3.67. The Bertz CT molecular complexity index is 556. The van der Waals surface area contributed by atoms with Crippen molar-refractivity contribution < 1.29 is 4.79 Å². The van der Waals surface area contributed by atoms with Crippen LogP contribution in [0.5, 0.6) is 0 Å². The summed E-state index contributed by atoms with van der Waals surface area (Å²) < 4.78 is 0. The molecule has 0 heterocycles. The van der Waals surface area contributed by atoms with Gasteiger partial charge in [0.1, 0.15) is 0 Å². The Hall–Kier alpha value is -0.850. The summed E-state index contributed by atoms with van der Waals surface area (Å²) in [5, 5.41) is 0. The van der Waals surface area contributed by atoms with Crippen molar-refractivity contribution in [3.8, 4) is 0 Å². The first kappa shape index (κ1) is 14.7. The average molecular weight is 298 g/mol. The van der Waals surface area contributed by atoms with Gasteiger partial charge in [-0.1, -0.05) is 39.3 Å². The van der Waals surface area contributed by atoms with Crippen LogP contribution in [-0.4, -0.2) is 5.78 Å². The molecule has 0 radical (unpaired) electrons. The minimum absolute atomic E-state index is 0.263. The van der Waals surface area contributed by atoms with Gasteiger partial charge in [0.25, 0.3) is 0 Å². The molecule has 2 saturated carbocycles. The highest BCUT2D eigenvalue weighted by Crippen LogP contribution is 2.65. The van der Waals surface area contributed by atoms with Gasteiger partial charge < -0.3 is 0 Å². The van der Waals surface area contributed by atoms with E-state index in [0.717, 1.165) is 36.5 Å². The second kappa shape index (κ2) is 4.82. The molecule has 0 aromatic heterocycles. The highest BCUT2D eigenvalue weighted by Gasteiger charge is 2.57. The molecule has 6 atom stereocenters. The molecule has 0 bridgehead atoms. The molecule has 0 unspecified atom stereocenters. The van der Waals surface area contributed by atoms with Gasteiger partial charge >= 0.3 is 0 Å². The molecule has 0 N–H and O–H groups in total. The van der Waals surface area contributed by atoms with E-state index in [4.69, 9.17) is 0 Å². The number of rotatable bonds is 1. The van der Waals surface area contributed by atoms with Gasteiger partial charge in [-0.25, -0.2) is 0 Å². The van der Waals surface area contributed by atoms with Gasteiger partial charge in [-0.2, -0.15) is 0 Å². The topological polar surface area (TPSA) is 17.1 Å². The van der Waals surface area contributed by atoms with Crippen molar-refractivity contribution >= 4 is 5.78 Å². The normalized spacial score (nSPS) is 50.1. The fraction of sp³-hybridized carbons (Fsp3) is 0.762. The average Bonchev–Trinajstić information content (AvgIpc) is 2.84. The third kappa shape index (κ3) is 1.80. The highest BCUT2D eigenvalue weighted by molar-refractivity contribution is 5.92. The van der Waals surface area contributed by atoms with E-state index in [2.05, 4.69) is 32.9 Å². The Labute approximate surface area is 135 Å². The van der Waals surface area contributed by atoms with Crippen LogP contribution in [0, 0.1) is 34.5 Å². The summed E-state index contributed by atoms with van der Waals surface area (Å²) in [6, 6.07) is 0. The Morgan fingerprint density at radius 3 is 2.73 bits per heavy atom. The smallest absolute Gasteiger partial charge is 0.156 e. The molecular weight excluding hydrogens is 268 g/mol. The maximum absolute atomic E-state index is 11.8. The van der Waals surface area contributed by atoms with Crippen molar-refractivity contribution in [3.05, 3.63) is 23.8 Å². The summed E-state index contributed by atoms with van der Waals surface area (Å²) in [6.45, 7) is 7.42. The summed E-state index contributed by atoms with van der Waals surface area (Å²) in [7, 11) is 0. The van der Waals surface area contributed by atoms with Crippen LogP contribution in [0.3, 0.4) is 0 Å². The lowest BCUT2D eigenvalue weighted by Crippen LogP contribution is -2.48. The fourth-order valence-electron chi connectivity index (χ4n) is 6.78. The Balaban J connectivity index is 1.72. The van der Waals surface area contributed by atoms with Gasteiger partial charge in [0, 0.05) is 6.42 Å². The van der Waals surface area contributed by atoms with Gasteiger partial charge in [-0.15, -0.1) is 0 Å². The van der Waals surface area contributed by atoms with Crippen LogP contribution >= 0.6 is 0 Å². The molecule has 0 amide bonds. The summed E-state index contributed by atoms with van der Waals surface area (Å²) in [4.78, 5) is 11.8. The van der Waals surface area contributed by atoms with Gasteiger partial charge in [-0.05, 0) is 78.3 Å². The monoisotopic (exact) mass is 298 g/mol. The molecule has 4 aliphatic carbocycles. The molecule has 1 nitrogen and oxygen atoms in total. The van der Waals surface area contributed by atoms with E-state index in [0.29, 0.717) is 11.2 Å². The molecule has 0 saturated heterocycles. The van der Waals surface area contributed by atoms with Crippen LogP contribution in [0.2, 0.25) is 0 Å². The first-order valence-corrected chi connectivity index (χ1v) is 9.42. The Kier molecular flexibility index (Phi) is 3.23. The van der Waals surface area contributed by atoms with Crippen LogP contribution in [0.1, 0.15) is 65.7 Å². The molecule has 1 heteroatoms. The largest absolute Gasteiger partial charge is 0.295 e. The zero-order valence-corrected chi connectivity index (χ0v) is 14.4. The third-order valence-corrected chi connectivity index (χ3v) is 8.20. The highest BCUT2D eigenvalue weighted by atomic mass is 16.1. The van der Waals surface area contributed by atoms with E-state index < -0.39 is 0 Å². The molecule has 0 aliphatic heterocycles. The first-order chi connectivity index (χ1) is 10.5. The lowest BCUT2D eigenvalue weighted by Gasteiger charge is -2.56. The predicted molar refractivity (Wildman–Crippen MR) is 90.4 cm³/mol. The van der Waals surface area contributed by atoms with Crippen LogP contribution in [0.4, 0.5) is 0 Å². The predicted octanol–water partition coefficient (Wildman–Crippen LogP) is 5.32.